The van der Waals surface area contributed by atoms with E-state index in [1.807, 2.05) is 12.1 Å². The van der Waals surface area contributed by atoms with Gasteiger partial charge in [-0.2, -0.15) is 0 Å². The first-order valence-electron chi connectivity index (χ1n) is 15.7. The van der Waals surface area contributed by atoms with Crippen molar-refractivity contribution in [3.63, 3.8) is 0 Å². The molecule has 5 heterocycles. The second-order valence-electron chi connectivity index (χ2n) is 12.4. The Morgan fingerprint density at radius 1 is 0.370 bits per heavy atom. The molecule has 4 heteroatoms. The predicted molar refractivity (Wildman–Crippen MR) is 190 cm³/mol. The molecule has 0 aliphatic heterocycles. The van der Waals surface area contributed by atoms with Gasteiger partial charge < -0.3 is 17.8 Å². The topological polar surface area (TPSA) is 35.6 Å². The van der Waals surface area contributed by atoms with Crippen LogP contribution in [0.1, 0.15) is 0 Å². The highest BCUT2D eigenvalue weighted by Crippen LogP contribution is 2.50. The molecule has 4 nitrogen and oxygen atoms in total. The van der Waals surface area contributed by atoms with E-state index in [0.29, 0.717) is 0 Å². The largest absolute Gasteiger partial charge is 0.455 e. The molecule has 0 unspecified atom stereocenters. The number of nitrogens with zero attached hydrogens (tertiary/aromatic N) is 2. The fourth-order valence-corrected chi connectivity index (χ4v) is 8.44. The molecule has 0 amide bonds. The summed E-state index contributed by atoms with van der Waals surface area (Å²) in [5.74, 6) is 0. The Kier molecular flexibility index (Phi) is 3.96. The van der Waals surface area contributed by atoms with Gasteiger partial charge in [-0.05, 0) is 60.7 Å². The summed E-state index contributed by atoms with van der Waals surface area (Å²) >= 11 is 0. The average molecular weight is 587 g/mol. The van der Waals surface area contributed by atoms with Crippen LogP contribution >= 0.6 is 0 Å². The van der Waals surface area contributed by atoms with Crippen molar-refractivity contribution in [1.29, 1.82) is 0 Å². The van der Waals surface area contributed by atoms with Crippen LogP contribution in [0.3, 0.4) is 0 Å². The summed E-state index contributed by atoms with van der Waals surface area (Å²) in [4.78, 5) is 0. The Morgan fingerprint density at radius 3 is 1.67 bits per heavy atom. The van der Waals surface area contributed by atoms with Crippen molar-refractivity contribution in [3.8, 4) is 5.69 Å². The lowest BCUT2D eigenvalue weighted by Gasteiger charge is -2.08. The van der Waals surface area contributed by atoms with Crippen molar-refractivity contribution in [3.05, 3.63) is 133 Å². The van der Waals surface area contributed by atoms with Crippen LogP contribution in [0.15, 0.2) is 142 Å². The van der Waals surface area contributed by atoms with Crippen LogP contribution in [-0.2, 0) is 0 Å². The van der Waals surface area contributed by atoms with Crippen molar-refractivity contribution in [2.24, 2.45) is 0 Å². The Bertz CT molecular complexity index is 3240. The zero-order valence-electron chi connectivity index (χ0n) is 24.4. The number of rotatable bonds is 1. The molecule has 0 atom stereocenters. The van der Waals surface area contributed by atoms with E-state index < -0.39 is 0 Å². The summed E-state index contributed by atoms with van der Waals surface area (Å²) in [7, 11) is 0. The fraction of sp³-hybridized carbons (Fsp3) is 0. The minimum absolute atomic E-state index is 0.909. The van der Waals surface area contributed by atoms with Crippen molar-refractivity contribution in [1.82, 2.24) is 8.97 Å². The maximum absolute atomic E-state index is 6.76. The maximum atomic E-state index is 6.76. The molecular weight excluding hydrogens is 564 g/mol. The molecule has 0 N–H and O–H groups in total. The number of hydrogen-bond donors (Lipinski definition) is 0. The van der Waals surface area contributed by atoms with E-state index in [4.69, 9.17) is 8.83 Å². The number of para-hydroxylation sites is 4. The normalized spacial score (nSPS) is 12.8. The molecule has 46 heavy (non-hydrogen) atoms. The lowest BCUT2D eigenvalue weighted by Crippen LogP contribution is -1.92. The molecule has 0 aliphatic carbocycles. The molecule has 0 saturated heterocycles. The highest BCUT2D eigenvalue weighted by atomic mass is 16.3. The SMILES string of the molecule is c1ccc(-n2c3ccccc3c3c4c5c6oc7ccccc7c6ccc5n5c6ccc7c8ccccc8oc7c6c(cc32)c45)cc1. The molecule has 12 rings (SSSR count). The molecule has 0 saturated carbocycles. The van der Waals surface area contributed by atoms with Gasteiger partial charge in [0.05, 0.1) is 38.4 Å². The van der Waals surface area contributed by atoms with Gasteiger partial charge in [-0.15, -0.1) is 0 Å². The third-order valence-corrected chi connectivity index (χ3v) is 10.2. The average Bonchev–Trinajstić information content (AvgIpc) is 3.90. The van der Waals surface area contributed by atoms with Gasteiger partial charge in [0.1, 0.15) is 22.3 Å². The van der Waals surface area contributed by atoms with Crippen molar-refractivity contribution >= 4 is 104 Å². The molecule has 0 fully saturated rings. The van der Waals surface area contributed by atoms with Gasteiger partial charge in [0.15, 0.2) is 0 Å². The predicted octanol–water partition coefficient (Wildman–Crippen LogP) is 11.7. The first-order chi connectivity index (χ1) is 22.8. The molecule has 0 spiro atoms. The highest BCUT2D eigenvalue weighted by molar-refractivity contribution is 6.40. The first kappa shape index (κ1) is 23.2. The van der Waals surface area contributed by atoms with E-state index in [1.54, 1.807) is 0 Å². The lowest BCUT2D eigenvalue weighted by molar-refractivity contribution is 0.672. The molecule has 0 bridgehead atoms. The van der Waals surface area contributed by atoms with Gasteiger partial charge >= 0.3 is 0 Å². The fourth-order valence-electron chi connectivity index (χ4n) is 8.44. The van der Waals surface area contributed by atoms with Crippen LogP contribution < -0.4 is 0 Å². The Morgan fingerprint density at radius 2 is 0.957 bits per heavy atom. The van der Waals surface area contributed by atoms with Crippen LogP contribution in [0.4, 0.5) is 0 Å². The van der Waals surface area contributed by atoms with E-state index in [-0.39, 0.29) is 0 Å². The molecule has 7 aromatic carbocycles. The van der Waals surface area contributed by atoms with E-state index >= 15 is 0 Å². The van der Waals surface area contributed by atoms with Gasteiger partial charge in [0.25, 0.3) is 0 Å². The van der Waals surface area contributed by atoms with E-state index in [1.165, 1.54) is 38.1 Å². The summed E-state index contributed by atoms with van der Waals surface area (Å²) in [6.45, 7) is 0. The Balaban J connectivity index is 1.44. The summed E-state index contributed by atoms with van der Waals surface area (Å²) in [5, 5.41) is 11.7. The van der Waals surface area contributed by atoms with Gasteiger partial charge in [-0.1, -0.05) is 72.8 Å². The Labute approximate surface area is 260 Å². The summed E-state index contributed by atoms with van der Waals surface area (Å²) in [6, 6.07) is 47.6. The zero-order valence-corrected chi connectivity index (χ0v) is 24.4. The molecule has 5 aromatic heterocycles. The number of benzene rings is 7. The number of aromatic nitrogens is 2. The minimum atomic E-state index is 0.909. The van der Waals surface area contributed by atoms with Crippen LogP contribution in [-0.4, -0.2) is 8.97 Å². The summed E-state index contributed by atoms with van der Waals surface area (Å²) in [6.07, 6.45) is 0. The van der Waals surface area contributed by atoms with E-state index in [2.05, 4.69) is 130 Å². The molecule has 212 valence electrons. The second-order valence-corrected chi connectivity index (χ2v) is 12.4. The standard InChI is InChI=1S/C42H22N2O2/c1-2-10-23(11-3-1)43-30-15-7-4-14-28(30)36-33(43)22-29-37-31(20-18-26-24-12-5-8-16-34(24)45-41(26)37)44-32-21-19-27-25-13-6-9-17-35(25)46-42(27)38(32)39(36)40(29)44/h1-22H. The van der Waals surface area contributed by atoms with Crippen molar-refractivity contribution in [2.75, 3.05) is 0 Å². The van der Waals surface area contributed by atoms with E-state index in [0.717, 1.165) is 71.4 Å². The summed E-state index contributed by atoms with van der Waals surface area (Å²) < 4.78 is 18.3. The van der Waals surface area contributed by atoms with Gasteiger partial charge in [-0.3, -0.25) is 0 Å². The summed E-state index contributed by atoms with van der Waals surface area (Å²) in [5.41, 5.74) is 10.7. The van der Waals surface area contributed by atoms with Crippen LogP contribution in [0.2, 0.25) is 0 Å². The third-order valence-electron chi connectivity index (χ3n) is 10.2. The van der Waals surface area contributed by atoms with Gasteiger partial charge in [-0.25, -0.2) is 0 Å². The third kappa shape index (κ3) is 2.57. The van der Waals surface area contributed by atoms with Crippen LogP contribution in [0.25, 0.3) is 109 Å². The molecule has 0 radical (unpaired) electrons. The smallest absolute Gasteiger partial charge is 0.145 e. The van der Waals surface area contributed by atoms with Gasteiger partial charge in [0, 0.05) is 48.8 Å². The molecule has 0 aliphatic rings. The number of furan rings is 2. The van der Waals surface area contributed by atoms with Crippen LogP contribution in [0.5, 0.6) is 0 Å². The lowest BCUT2D eigenvalue weighted by atomic mass is 10.00. The number of hydrogen-bond acceptors (Lipinski definition) is 2. The Hall–Kier alpha value is -6.26. The molecule has 12 aromatic rings. The van der Waals surface area contributed by atoms with Gasteiger partial charge in [0.2, 0.25) is 0 Å². The zero-order chi connectivity index (χ0) is 29.7. The van der Waals surface area contributed by atoms with Crippen molar-refractivity contribution in [2.45, 2.75) is 0 Å². The van der Waals surface area contributed by atoms with Crippen LogP contribution in [0, 0.1) is 0 Å². The monoisotopic (exact) mass is 586 g/mol. The highest BCUT2D eigenvalue weighted by Gasteiger charge is 2.28. The van der Waals surface area contributed by atoms with Crippen molar-refractivity contribution < 1.29 is 8.83 Å². The number of fused-ring (bicyclic) bond motifs is 18. The second kappa shape index (κ2) is 7.87. The first-order valence-corrected chi connectivity index (χ1v) is 15.7. The maximum Gasteiger partial charge on any atom is 0.145 e. The molecular formula is C42H22N2O2. The minimum Gasteiger partial charge on any atom is -0.455 e. The quantitative estimate of drug-likeness (QED) is 0.192. The van der Waals surface area contributed by atoms with E-state index in [9.17, 15) is 0 Å².